The molecule has 0 saturated carbocycles. The summed E-state index contributed by atoms with van der Waals surface area (Å²) in [6.45, 7) is 2.26. The van der Waals surface area contributed by atoms with Crippen LogP contribution in [0.1, 0.15) is 6.23 Å². The number of fused-ring (bicyclic) bond motifs is 1. The van der Waals surface area contributed by atoms with Crippen molar-refractivity contribution in [1.29, 1.82) is 0 Å². The molecule has 0 bridgehead atoms. The first-order valence-electron chi connectivity index (χ1n) is 8.37. The first-order valence-corrected chi connectivity index (χ1v) is 8.37. The second-order valence-corrected chi connectivity index (χ2v) is 6.37. The van der Waals surface area contributed by atoms with Crippen molar-refractivity contribution in [3.63, 3.8) is 0 Å². The molecule has 2 fully saturated rings. The fourth-order valence-corrected chi connectivity index (χ4v) is 3.40. The summed E-state index contributed by atoms with van der Waals surface area (Å²) in [7, 11) is 0. The van der Waals surface area contributed by atoms with E-state index in [0.29, 0.717) is 19.0 Å². The highest BCUT2D eigenvalue weighted by Crippen LogP contribution is 2.35. The van der Waals surface area contributed by atoms with E-state index in [2.05, 4.69) is 20.3 Å². The number of aliphatic hydroxyl groups excluding tert-OH is 3. The molecule has 12 heteroatoms. The predicted molar refractivity (Wildman–Crippen MR) is 90.7 cm³/mol. The Morgan fingerprint density at radius 3 is 2.62 bits per heavy atom. The van der Waals surface area contributed by atoms with Crippen molar-refractivity contribution in [2.75, 3.05) is 43.4 Å². The Bertz CT molecular complexity index is 861. The van der Waals surface area contributed by atoms with Gasteiger partial charge in [0.15, 0.2) is 17.4 Å². The van der Waals surface area contributed by atoms with Crippen LogP contribution >= 0.6 is 0 Å². The van der Waals surface area contributed by atoms with Crippen molar-refractivity contribution in [1.82, 2.24) is 24.8 Å². The highest BCUT2D eigenvalue weighted by Gasteiger charge is 2.45. The Labute approximate surface area is 147 Å². The molecule has 2 aliphatic heterocycles. The number of hydrogen-bond acceptors (Lipinski definition) is 10. The average molecular weight is 367 g/mol. The lowest BCUT2D eigenvalue weighted by Crippen LogP contribution is -2.45. The second kappa shape index (κ2) is 6.48. The standard InChI is InChI=1S/C14H21N7O5/c15-13-18-10-7(11(25)19-13)17-14(20-3-1-16-2-4-20)21(10)12-9(24)8(23)6(5-22)26-12/h6,8-9,12,16,22-24H,1-5H2,(H3,15,18,19,25)/t6-,8-,9-,12-/m1/s1. The van der Waals surface area contributed by atoms with Gasteiger partial charge >= 0.3 is 0 Å². The average Bonchev–Trinajstić information content (AvgIpc) is 3.14. The summed E-state index contributed by atoms with van der Waals surface area (Å²) in [5.41, 5.74) is 5.37. The summed E-state index contributed by atoms with van der Waals surface area (Å²) < 4.78 is 7.10. The van der Waals surface area contributed by atoms with Crippen LogP contribution in [0.3, 0.4) is 0 Å². The molecule has 4 atom stereocenters. The molecule has 7 N–H and O–H groups in total. The molecule has 0 radical (unpaired) electrons. The summed E-state index contributed by atoms with van der Waals surface area (Å²) in [6, 6.07) is 0. The van der Waals surface area contributed by atoms with Crippen LogP contribution < -0.4 is 21.5 Å². The molecule has 0 amide bonds. The Morgan fingerprint density at radius 1 is 1.23 bits per heavy atom. The van der Waals surface area contributed by atoms with Crippen LogP contribution in [-0.4, -0.2) is 85.9 Å². The summed E-state index contributed by atoms with van der Waals surface area (Å²) in [6.07, 6.45) is -4.63. The third kappa shape index (κ3) is 2.62. The van der Waals surface area contributed by atoms with Crippen LogP contribution in [0.4, 0.5) is 11.9 Å². The molecule has 26 heavy (non-hydrogen) atoms. The van der Waals surface area contributed by atoms with E-state index in [9.17, 15) is 20.1 Å². The molecule has 0 spiro atoms. The Balaban J connectivity index is 1.89. The minimum absolute atomic E-state index is 0.0606. The highest BCUT2D eigenvalue weighted by atomic mass is 16.6. The number of anilines is 2. The number of aliphatic hydroxyl groups is 3. The van der Waals surface area contributed by atoms with Crippen LogP contribution in [0.2, 0.25) is 0 Å². The van der Waals surface area contributed by atoms with E-state index in [4.69, 9.17) is 10.5 Å². The zero-order chi connectivity index (χ0) is 18.4. The number of ether oxygens (including phenoxy) is 1. The number of nitrogens with one attached hydrogen (secondary N) is 2. The van der Waals surface area contributed by atoms with Crippen LogP contribution in [-0.2, 0) is 4.74 Å². The Kier molecular flexibility index (Phi) is 4.28. The van der Waals surface area contributed by atoms with Crippen LogP contribution in [0.15, 0.2) is 4.79 Å². The largest absolute Gasteiger partial charge is 0.394 e. The number of aromatic nitrogens is 4. The Hall–Kier alpha value is -2.25. The maximum absolute atomic E-state index is 12.3. The topological polar surface area (TPSA) is 175 Å². The van der Waals surface area contributed by atoms with Gasteiger partial charge < -0.3 is 36.0 Å². The molecule has 12 nitrogen and oxygen atoms in total. The predicted octanol–water partition coefficient (Wildman–Crippen LogP) is -3.28. The second-order valence-electron chi connectivity index (χ2n) is 6.37. The maximum Gasteiger partial charge on any atom is 0.280 e. The smallest absolute Gasteiger partial charge is 0.280 e. The van der Waals surface area contributed by atoms with Crippen molar-refractivity contribution < 1.29 is 20.1 Å². The number of nitrogens with zero attached hydrogens (tertiary/aromatic N) is 4. The number of rotatable bonds is 3. The lowest BCUT2D eigenvalue weighted by atomic mass is 10.1. The zero-order valence-electron chi connectivity index (χ0n) is 13.9. The number of nitrogen functional groups attached to an aromatic ring is 1. The molecule has 142 valence electrons. The third-order valence-corrected chi connectivity index (χ3v) is 4.72. The minimum atomic E-state index is -1.33. The van der Waals surface area contributed by atoms with Gasteiger partial charge in [-0.25, -0.2) is 4.98 Å². The number of aromatic amines is 1. The number of nitrogens with two attached hydrogens (primary N) is 1. The van der Waals surface area contributed by atoms with Gasteiger partial charge in [0.05, 0.1) is 6.61 Å². The van der Waals surface area contributed by atoms with Gasteiger partial charge in [0.1, 0.15) is 18.3 Å². The van der Waals surface area contributed by atoms with E-state index in [0.717, 1.165) is 13.1 Å². The first-order chi connectivity index (χ1) is 12.5. The highest BCUT2D eigenvalue weighted by molar-refractivity contribution is 5.75. The molecule has 2 aliphatic rings. The van der Waals surface area contributed by atoms with Gasteiger partial charge in [0.25, 0.3) is 5.56 Å². The van der Waals surface area contributed by atoms with Gasteiger partial charge in [-0.3, -0.25) is 14.3 Å². The normalized spacial score (nSPS) is 29.6. The molecular weight excluding hydrogens is 346 g/mol. The number of piperazine rings is 1. The lowest BCUT2D eigenvalue weighted by molar-refractivity contribution is -0.0504. The summed E-state index contributed by atoms with van der Waals surface area (Å²) in [5, 5.41) is 33.1. The quantitative estimate of drug-likeness (QED) is 0.323. The molecule has 0 unspecified atom stereocenters. The molecule has 2 aromatic heterocycles. The van der Waals surface area contributed by atoms with Gasteiger partial charge in [-0.05, 0) is 0 Å². The van der Waals surface area contributed by atoms with E-state index < -0.39 is 36.7 Å². The molecule has 2 saturated heterocycles. The molecule has 4 heterocycles. The van der Waals surface area contributed by atoms with Crippen molar-refractivity contribution in [2.24, 2.45) is 0 Å². The first kappa shape index (κ1) is 17.2. The van der Waals surface area contributed by atoms with E-state index in [-0.39, 0.29) is 17.1 Å². The van der Waals surface area contributed by atoms with Crippen molar-refractivity contribution in [2.45, 2.75) is 24.5 Å². The zero-order valence-corrected chi connectivity index (χ0v) is 13.9. The van der Waals surface area contributed by atoms with Crippen LogP contribution in [0, 0.1) is 0 Å². The van der Waals surface area contributed by atoms with Crippen molar-refractivity contribution in [3.05, 3.63) is 10.4 Å². The van der Waals surface area contributed by atoms with Gasteiger partial charge in [0.2, 0.25) is 11.9 Å². The fraction of sp³-hybridized carbons (Fsp3) is 0.643. The van der Waals surface area contributed by atoms with Gasteiger partial charge in [-0.2, -0.15) is 4.98 Å². The fourth-order valence-electron chi connectivity index (χ4n) is 3.40. The SMILES string of the molecule is Nc1nc2c(nc(N3CCNCC3)n2[C@@H]2O[C@H](CO)[C@@H](O)[C@H]2O)c(=O)[nH]1. The number of hydrogen-bond donors (Lipinski definition) is 6. The van der Waals surface area contributed by atoms with E-state index >= 15 is 0 Å². The van der Waals surface area contributed by atoms with Gasteiger partial charge in [0, 0.05) is 26.2 Å². The molecule has 0 aliphatic carbocycles. The van der Waals surface area contributed by atoms with E-state index in [1.165, 1.54) is 4.57 Å². The van der Waals surface area contributed by atoms with Gasteiger partial charge in [-0.15, -0.1) is 0 Å². The molecule has 0 aromatic carbocycles. The van der Waals surface area contributed by atoms with Crippen molar-refractivity contribution in [3.8, 4) is 0 Å². The lowest BCUT2D eigenvalue weighted by Gasteiger charge is -2.30. The maximum atomic E-state index is 12.3. The summed E-state index contributed by atoms with van der Waals surface area (Å²) in [4.78, 5) is 25.1. The monoisotopic (exact) mass is 367 g/mol. The summed E-state index contributed by atoms with van der Waals surface area (Å²) in [5.74, 6) is 0.294. The van der Waals surface area contributed by atoms with E-state index in [1.54, 1.807) is 0 Å². The van der Waals surface area contributed by atoms with Gasteiger partial charge in [-0.1, -0.05) is 0 Å². The third-order valence-electron chi connectivity index (χ3n) is 4.72. The number of H-pyrrole nitrogens is 1. The molecular formula is C14H21N7O5. The molecule has 4 rings (SSSR count). The van der Waals surface area contributed by atoms with E-state index in [1.807, 2.05) is 4.90 Å². The summed E-state index contributed by atoms with van der Waals surface area (Å²) >= 11 is 0. The Morgan fingerprint density at radius 2 is 1.96 bits per heavy atom. The minimum Gasteiger partial charge on any atom is -0.394 e. The van der Waals surface area contributed by atoms with Crippen molar-refractivity contribution >= 4 is 23.1 Å². The van der Waals surface area contributed by atoms with Crippen LogP contribution in [0.5, 0.6) is 0 Å². The van der Waals surface area contributed by atoms with Crippen LogP contribution in [0.25, 0.3) is 11.2 Å². The molecule has 2 aromatic rings. The number of imidazole rings is 1.